The highest BCUT2D eigenvalue weighted by Crippen LogP contribution is 2.17. The molecule has 1 heterocycles. The van der Waals surface area contributed by atoms with Gasteiger partial charge in [-0.25, -0.2) is 4.99 Å². The molecular formula is C19H40IN5O2. The van der Waals surface area contributed by atoms with Crippen LogP contribution in [-0.2, 0) is 9.53 Å². The van der Waals surface area contributed by atoms with Crippen LogP contribution in [0.4, 0.5) is 0 Å². The van der Waals surface area contributed by atoms with Gasteiger partial charge in [0.15, 0.2) is 5.96 Å². The minimum absolute atomic E-state index is 0. The van der Waals surface area contributed by atoms with Gasteiger partial charge in [-0.1, -0.05) is 26.7 Å². The zero-order valence-corrected chi connectivity index (χ0v) is 19.9. The van der Waals surface area contributed by atoms with E-state index in [0.29, 0.717) is 31.1 Å². The van der Waals surface area contributed by atoms with E-state index in [1.54, 1.807) is 7.11 Å². The molecule has 7 nitrogen and oxygen atoms in total. The number of rotatable bonds is 10. The number of carbonyl (C=O) groups is 1. The summed E-state index contributed by atoms with van der Waals surface area (Å²) in [5, 5.41) is 9.45. The second-order valence-corrected chi connectivity index (χ2v) is 7.18. The molecule has 3 N–H and O–H groups in total. The van der Waals surface area contributed by atoms with Crippen molar-refractivity contribution < 1.29 is 9.53 Å². The molecule has 1 aliphatic heterocycles. The van der Waals surface area contributed by atoms with E-state index < -0.39 is 0 Å². The maximum atomic E-state index is 11.8. The Kier molecular flexibility index (Phi) is 16.0. The van der Waals surface area contributed by atoms with Crippen LogP contribution >= 0.6 is 24.0 Å². The van der Waals surface area contributed by atoms with Crippen LogP contribution in [0, 0.1) is 5.92 Å². The van der Waals surface area contributed by atoms with Gasteiger partial charge in [0, 0.05) is 32.8 Å². The van der Waals surface area contributed by atoms with Crippen LogP contribution < -0.4 is 16.0 Å². The zero-order valence-electron chi connectivity index (χ0n) is 17.6. The van der Waals surface area contributed by atoms with Gasteiger partial charge in [-0.15, -0.1) is 24.0 Å². The molecule has 1 rings (SSSR count). The van der Waals surface area contributed by atoms with E-state index in [9.17, 15) is 4.79 Å². The van der Waals surface area contributed by atoms with Crippen LogP contribution in [0.1, 0.15) is 46.5 Å². The molecule has 0 spiro atoms. The van der Waals surface area contributed by atoms with Crippen molar-refractivity contribution in [2.75, 3.05) is 53.0 Å². The Hall–Kier alpha value is -0.610. The average molecular weight is 497 g/mol. The molecule has 160 valence electrons. The normalized spacial score (nSPS) is 17.0. The molecule has 1 aliphatic rings. The number of nitrogens with one attached hydrogen (secondary N) is 3. The quantitative estimate of drug-likeness (QED) is 0.186. The van der Waals surface area contributed by atoms with Crippen LogP contribution in [0.25, 0.3) is 0 Å². The number of likely N-dealkylation sites (tertiary alicyclic amines) is 1. The summed E-state index contributed by atoms with van der Waals surface area (Å²) < 4.78 is 4.93. The van der Waals surface area contributed by atoms with E-state index in [0.717, 1.165) is 13.1 Å². The fourth-order valence-corrected chi connectivity index (χ4v) is 3.26. The van der Waals surface area contributed by atoms with Gasteiger partial charge in [-0.05, 0) is 38.8 Å². The number of aliphatic imine (C=N–C) groups is 1. The van der Waals surface area contributed by atoms with Crippen molar-refractivity contribution in [3.8, 4) is 0 Å². The molecule has 0 saturated carbocycles. The third kappa shape index (κ3) is 11.7. The number of hydrogen-bond acceptors (Lipinski definition) is 4. The van der Waals surface area contributed by atoms with Gasteiger partial charge >= 0.3 is 0 Å². The van der Waals surface area contributed by atoms with E-state index in [-0.39, 0.29) is 36.4 Å². The Bertz CT molecular complexity index is 413. The van der Waals surface area contributed by atoms with Gasteiger partial charge in [0.2, 0.25) is 5.91 Å². The molecule has 27 heavy (non-hydrogen) atoms. The van der Waals surface area contributed by atoms with E-state index in [1.165, 1.54) is 38.8 Å². The summed E-state index contributed by atoms with van der Waals surface area (Å²) in [6.07, 6.45) is 5.27. The summed E-state index contributed by atoms with van der Waals surface area (Å²) in [6.45, 7) is 11.7. The molecule has 1 unspecified atom stereocenters. The highest BCUT2D eigenvalue weighted by Gasteiger charge is 2.22. The smallest absolute Gasteiger partial charge is 0.241 e. The molecule has 0 aromatic rings. The molecule has 1 amide bonds. The fraction of sp³-hybridized carbons (Fsp3) is 0.895. The minimum atomic E-state index is -0.0906. The lowest BCUT2D eigenvalue weighted by Gasteiger charge is -2.34. The van der Waals surface area contributed by atoms with Gasteiger partial charge in [-0.3, -0.25) is 9.69 Å². The van der Waals surface area contributed by atoms with E-state index in [2.05, 4.69) is 39.7 Å². The first kappa shape index (κ1) is 26.4. The van der Waals surface area contributed by atoms with Gasteiger partial charge < -0.3 is 20.7 Å². The van der Waals surface area contributed by atoms with Crippen LogP contribution in [0.2, 0.25) is 0 Å². The van der Waals surface area contributed by atoms with Gasteiger partial charge in [-0.2, -0.15) is 0 Å². The number of nitrogens with zero attached hydrogens (tertiary/aromatic N) is 2. The third-order valence-corrected chi connectivity index (χ3v) is 4.71. The SMILES string of the molecule is CCNC(=NCC(=O)NCCOC)NCC(C(C)C)N1CCCCCC1.I. The molecule has 1 saturated heterocycles. The molecule has 0 radical (unpaired) electrons. The number of hydrogen-bond donors (Lipinski definition) is 3. The highest BCUT2D eigenvalue weighted by atomic mass is 127. The molecule has 1 fully saturated rings. The van der Waals surface area contributed by atoms with Gasteiger partial charge in [0.05, 0.1) is 6.61 Å². The number of amides is 1. The lowest BCUT2D eigenvalue weighted by atomic mass is 10.0. The Morgan fingerprint density at radius 1 is 1.11 bits per heavy atom. The maximum Gasteiger partial charge on any atom is 0.241 e. The largest absolute Gasteiger partial charge is 0.383 e. The summed E-state index contributed by atoms with van der Waals surface area (Å²) in [7, 11) is 1.62. The molecular weight excluding hydrogens is 457 g/mol. The summed E-state index contributed by atoms with van der Waals surface area (Å²) in [6, 6.07) is 0.479. The number of ether oxygens (including phenoxy) is 1. The fourth-order valence-electron chi connectivity index (χ4n) is 3.26. The summed E-state index contributed by atoms with van der Waals surface area (Å²) in [5.41, 5.74) is 0. The molecule has 8 heteroatoms. The first-order chi connectivity index (χ1) is 12.6. The van der Waals surface area contributed by atoms with Crippen molar-refractivity contribution in [1.82, 2.24) is 20.9 Å². The van der Waals surface area contributed by atoms with E-state index in [1.807, 2.05) is 6.92 Å². The van der Waals surface area contributed by atoms with Crippen LogP contribution in [0.15, 0.2) is 4.99 Å². The Labute approximate surface area is 182 Å². The summed E-state index contributed by atoms with van der Waals surface area (Å²) in [5.74, 6) is 1.18. The number of halogens is 1. The van der Waals surface area contributed by atoms with Crippen molar-refractivity contribution in [1.29, 1.82) is 0 Å². The Balaban J connectivity index is 0.00000676. The van der Waals surface area contributed by atoms with Gasteiger partial charge in [0.1, 0.15) is 6.54 Å². The predicted molar refractivity (Wildman–Crippen MR) is 123 cm³/mol. The van der Waals surface area contributed by atoms with Crippen molar-refractivity contribution in [3.05, 3.63) is 0 Å². The molecule has 0 aromatic heterocycles. The average Bonchev–Trinajstić information content (AvgIpc) is 2.89. The lowest BCUT2D eigenvalue weighted by Crippen LogP contribution is -2.50. The molecule has 1 atom stereocenters. The Morgan fingerprint density at radius 3 is 2.33 bits per heavy atom. The second kappa shape index (κ2) is 16.4. The van der Waals surface area contributed by atoms with E-state index >= 15 is 0 Å². The van der Waals surface area contributed by atoms with Crippen molar-refractivity contribution in [2.45, 2.75) is 52.5 Å². The second-order valence-electron chi connectivity index (χ2n) is 7.18. The molecule has 0 bridgehead atoms. The van der Waals surface area contributed by atoms with E-state index in [4.69, 9.17) is 4.74 Å². The zero-order chi connectivity index (χ0) is 19.2. The minimum Gasteiger partial charge on any atom is -0.383 e. The predicted octanol–water partition coefficient (Wildman–Crippen LogP) is 1.82. The van der Waals surface area contributed by atoms with Crippen molar-refractivity contribution >= 4 is 35.8 Å². The molecule has 0 aromatic carbocycles. The van der Waals surface area contributed by atoms with Crippen LogP contribution in [-0.4, -0.2) is 75.8 Å². The lowest BCUT2D eigenvalue weighted by molar-refractivity contribution is -0.119. The van der Waals surface area contributed by atoms with Crippen LogP contribution in [0.5, 0.6) is 0 Å². The first-order valence-electron chi connectivity index (χ1n) is 10.1. The summed E-state index contributed by atoms with van der Waals surface area (Å²) >= 11 is 0. The highest BCUT2D eigenvalue weighted by molar-refractivity contribution is 14.0. The standard InChI is InChI=1S/C19H39N5O2.HI/c1-5-20-19(23-15-18(25)21-10-13-26-4)22-14-17(16(2)3)24-11-8-6-7-9-12-24;/h16-17H,5-15H2,1-4H3,(H,21,25)(H2,20,22,23);1H. The maximum absolute atomic E-state index is 11.8. The summed E-state index contributed by atoms with van der Waals surface area (Å²) in [4.78, 5) is 18.8. The van der Waals surface area contributed by atoms with Gasteiger partial charge in [0.25, 0.3) is 0 Å². The number of carbonyl (C=O) groups excluding carboxylic acids is 1. The number of methoxy groups -OCH3 is 1. The third-order valence-electron chi connectivity index (χ3n) is 4.71. The molecule has 0 aliphatic carbocycles. The van der Waals surface area contributed by atoms with Crippen molar-refractivity contribution in [3.63, 3.8) is 0 Å². The first-order valence-corrected chi connectivity index (χ1v) is 10.1. The Morgan fingerprint density at radius 2 is 1.78 bits per heavy atom. The van der Waals surface area contributed by atoms with Crippen LogP contribution in [0.3, 0.4) is 0 Å². The number of guanidine groups is 1. The van der Waals surface area contributed by atoms with Crippen molar-refractivity contribution in [2.24, 2.45) is 10.9 Å². The topological polar surface area (TPSA) is 78.0 Å². The monoisotopic (exact) mass is 497 g/mol.